The molecule has 0 spiro atoms. The van der Waals surface area contributed by atoms with Crippen LogP contribution in [-0.2, 0) is 11.3 Å². The van der Waals surface area contributed by atoms with Gasteiger partial charge in [-0.1, -0.05) is 30.3 Å². The molecule has 1 amide bonds. The third-order valence-electron chi connectivity index (χ3n) is 4.79. The Morgan fingerprint density at radius 3 is 2.64 bits per heavy atom. The number of carbonyl (C=O) groups is 1. The Morgan fingerprint density at radius 2 is 2.00 bits per heavy atom. The maximum Gasteiger partial charge on any atom is 0.239 e. The summed E-state index contributed by atoms with van der Waals surface area (Å²) in [6.45, 7) is 4.48. The number of benzene rings is 1. The standard InChI is InChI=1S/C18H27N3O/c1-14(19)18(22)20-11-5-8-17(13-20)21(16-9-10-16)12-15-6-3-2-4-7-15/h2-4,6-7,14,16-17H,5,8-13,19H2,1H3/t14-,17?/m0/s1. The largest absolute Gasteiger partial charge is 0.340 e. The summed E-state index contributed by atoms with van der Waals surface area (Å²) < 4.78 is 0. The smallest absolute Gasteiger partial charge is 0.239 e. The molecule has 0 radical (unpaired) electrons. The van der Waals surface area contributed by atoms with Gasteiger partial charge in [-0.25, -0.2) is 0 Å². The van der Waals surface area contributed by atoms with Gasteiger partial charge in [0.05, 0.1) is 6.04 Å². The molecule has 2 N–H and O–H groups in total. The third-order valence-corrected chi connectivity index (χ3v) is 4.79. The monoisotopic (exact) mass is 301 g/mol. The van der Waals surface area contributed by atoms with Crippen molar-refractivity contribution in [3.05, 3.63) is 35.9 Å². The Morgan fingerprint density at radius 1 is 1.27 bits per heavy atom. The van der Waals surface area contributed by atoms with Crippen molar-refractivity contribution in [2.24, 2.45) is 5.73 Å². The number of hydrogen-bond donors (Lipinski definition) is 1. The molecule has 2 atom stereocenters. The lowest BCUT2D eigenvalue weighted by atomic mass is 10.0. The molecule has 2 fully saturated rings. The first-order valence-corrected chi connectivity index (χ1v) is 8.49. The van der Waals surface area contributed by atoms with E-state index >= 15 is 0 Å². The van der Waals surface area contributed by atoms with E-state index in [1.165, 1.54) is 24.8 Å². The molecule has 4 heteroatoms. The minimum absolute atomic E-state index is 0.0974. The molecule has 2 aliphatic rings. The van der Waals surface area contributed by atoms with E-state index in [1.54, 1.807) is 6.92 Å². The minimum atomic E-state index is -0.387. The van der Waals surface area contributed by atoms with Gasteiger partial charge in [0.1, 0.15) is 0 Å². The van der Waals surface area contributed by atoms with Crippen LogP contribution in [0.5, 0.6) is 0 Å². The van der Waals surface area contributed by atoms with Crippen molar-refractivity contribution in [1.82, 2.24) is 9.80 Å². The van der Waals surface area contributed by atoms with E-state index in [-0.39, 0.29) is 11.9 Å². The van der Waals surface area contributed by atoms with Gasteiger partial charge in [-0.15, -0.1) is 0 Å². The molecule has 1 saturated heterocycles. The van der Waals surface area contributed by atoms with E-state index in [0.717, 1.165) is 26.1 Å². The summed E-state index contributed by atoms with van der Waals surface area (Å²) in [5.41, 5.74) is 7.14. The Bertz CT molecular complexity index is 498. The minimum Gasteiger partial charge on any atom is -0.340 e. The van der Waals surface area contributed by atoms with Crippen LogP contribution >= 0.6 is 0 Å². The highest BCUT2D eigenvalue weighted by atomic mass is 16.2. The average Bonchev–Trinajstić information content (AvgIpc) is 3.37. The SMILES string of the molecule is C[C@H](N)C(=O)N1CCCC(N(Cc2ccccc2)C2CC2)C1. The molecule has 1 aliphatic carbocycles. The molecule has 0 aromatic heterocycles. The molecule has 1 aromatic carbocycles. The summed E-state index contributed by atoms with van der Waals surface area (Å²) in [5, 5.41) is 0. The van der Waals surface area contributed by atoms with Crippen molar-refractivity contribution >= 4 is 5.91 Å². The molecular weight excluding hydrogens is 274 g/mol. The van der Waals surface area contributed by atoms with Gasteiger partial charge < -0.3 is 10.6 Å². The second-order valence-electron chi connectivity index (χ2n) is 6.76. The van der Waals surface area contributed by atoms with Gasteiger partial charge in [0.25, 0.3) is 0 Å². The van der Waals surface area contributed by atoms with Crippen molar-refractivity contribution < 1.29 is 4.79 Å². The lowest BCUT2D eigenvalue weighted by molar-refractivity contribution is -0.134. The first-order valence-electron chi connectivity index (χ1n) is 8.49. The van der Waals surface area contributed by atoms with E-state index in [2.05, 4.69) is 35.2 Å². The normalized spacial score (nSPS) is 23.6. The number of nitrogens with zero attached hydrogens (tertiary/aromatic N) is 2. The van der Waals surface area contributed by atoms with Crippen LogP contribution in [0, 0.1) is 0 Å². The van der Waals surface area contributed by atoms with Gasteiger partial charge in [-0.05, 0) is 38.2 Å². The molecule has 1 saturated carbocycles. The Labute approximate surface area is 133 Å². The van der Waals surface area contributed by atoms with Crippen molar-refractivity contribution in [2.75, 3.05) is 13.1 Å². The van der Waals surface area contributed by atoms with Gasteiger partial charge in [0.2, 0.25) is 5.91 Å². The number of carbonyl (C=O) groups excluding carboxylic acids is 1. The highest BCUT2D eigenvalue weighted by Crippen LogP contribution is 2.32. The predicted molar refractivity (Wildman–Crippen MR) is 88.3 cm³/mol. The summed E-state index contributed by atoms with van der Waals surface area (Å²) in [6, 6.07) is 11.5. The van der Waals surface area contributed by atoms with Gasteiger partial charge >= 0.3 is 0 Å². The summed E-state index contributed by atoms with van der Waals surface area (Å²) >= 11 is 0. The third kappa shape index (κ3) is 3.68. The van der Waals surface area contributed by atoms with Crippen LogP contribution in [-0.4, -0.2) is 46.9 Å². The number of hydrogen-bond acceptors (Lipinski definition) is 3. The number of amides is 1. The molecule has 3 rings (SSSR count). The Balaban J connectivity index is 1.67. The topological polar surface area (TPSA) is 49.6 Å². The van der Waals surface area contributed by atoms with E-state index in [0.29, 0.717) is 12.1 Å². The first-order chi connectivity index (χ1) is 10.6. The molecule has 1 heterocycles. The van der Waals surface area contributed by atoms with E-state index in [1.807, 2.05) is 4.90 Å². The fraction of sp³-hybridized carbons (Fsp3) is 0.611. The number of piperidine rings is 1. The van der Waals surface area contributed by atoms with Crippen LogP contribution in [0.15, 0.2) is 30.3 Å². The van der Waals surface area contributed by atoms with Gasteiger partial charge in [0, 0.05) is 31.7 Å². The second kappa shape index (κ2) is 6.80. The molecule has 1 aliphatic heterocycles. The molecule has 4 nitrogen and oxygen atoms in total. The number of rotatable bonds is 5. The summed E-state index contributed by atoms with van der Waals surface area (Å²) in [6.07, 6.45) is 4.86. The fourth-order valence-electron chi connectivity index (χ4n) is 3.47. The van der Waals surface area contributed by atoms with E-state index in [9.17, 15) is 4.79 Å². The predicted octanol–water partition coefficient (Wildman–Crippen LogP) is 1.99. The highest BCUT2D eigenvalue weighted by Gasteiger charge is 2.36. The maximum absolute atomic E-state index is 12.2. The molecule has 1 unspecified atom stereocenters. The van der Waals surface area contributed by atoms with Crippen molar-refractivity contribution in [3.8, 4) is 0 Å². The zero-order valence-corrected chi connectivity index (χ0v) is 13.4. The quantitative estimate of drug-likeness (QED) is 0.905. The molecule has 120 valence electrons. The summed E-state index contributed by atoms with van der Waals surface area (Å²) in [7, 11) is 0. The average molecular weight is 301 g/mol. The van der Waals surface area contributed by atoms with Gasteiger partial charge in [-0.2, -0.15) is 0 Å². The Kier molecular flexibility index (Phi) is 4.79. The van der Waals surface area contributed by atoms with Gasteiger partial charge in [0.15, 0.2) is 0 Å². The van der Waals surface area contributed by atoms with Crippen LogP contribution in [0.1, 0.15) is 38.2 Å². The number of likely N-dealkylation sites (tertiary alicyclic amines) is 1. The van der Waals surface area contributed by atoms with Crippen LogP contribution in [0.2, 0.25) is 0 Å². The van der Waals surface area contributed by atoms with E-state index in [4.69, 9.17) is 5.73 Å². The zero-order chi connectivity index (χ0) is 15.5. The fourth-order valence-corrected chi connectivity index (χ4v) is 3.47. The lowest BCUT2D eigenvalue weighted by Crippen LogP contribution is -2.53. The number of nitrogens with two attached hydrogens (primary N) is 1. The second-order valence-corrected chi connectivity index (χ2v) is 6.76. The molecule has 22 heavy (non-hydrogen) atoms. The zero-order valence-electron chi connectivity index (χ0n) is 13.4. The van der Waals surface area contributed by atoms with Crippen LogP contribution in [0.3, 0.4) is 0 Å². The molecule has 1 aromatic rings. The first kappa shape index (κ1) is 15.5. The van der Waals surface area contributed by atoms with Gasteiger partial charge in [-0.3, -0.25) is 9.69 Å². The summed E-state index contributed by atoms with van der Waals surface area (Å²) in [4.78, 5) is 16.8. The van der Waals surface area contributed by atoms with Crippen LogP contribution in [0.4, 0.5) is 0 Å². The van der Waals surface area contributed by atoms with Crippen LogP contribution in [0.25, 0.3) is 0 Å². The van der Waals surface area contributed by atoms with Crippen molar-refractivity contribution in [1.29, 1.82) is 0 Å². The van der Waals surface area contributed by atoms with Crippen molar-refractivity contribution in [2.45, 2.75) is 57.3 Å². The summed E-state index contributed by atoms with van der Waals surface area (Å²) in [5.74, 6) is 0.0974. The van der Waals surface area contributed by atoms with Crippen LogP contribution < -0.4 is 5.73 Å². The van der Waals surface area contributed by atoms with Crippen molar-refractivity contribution in [3.63, 3.8) is 0 Å². The lowest BCUT2D eigenvalue weighted by Gasteiger charge is -2.40. The molecular formula is C18H27N3O. The van der Waals surface area contributed by atoms with E-state index < -0.39 is 0 Å². The molecule has 0 bridgehead atoms. The highest BCUT2D eigenvalue weighted by molar-refractivity contribution is 5.81. The Hall–Kier alpha value is -1.39. The maximum atomic E-state index is 12.2.